The molecule has 2 aromatic rings. The molecule has 3 heteroatoms. The number of aromatic nitrogens is 1. The second kappa shape index (κ2) is 3.90. The summed E-state index contributed by atoms with van der Waals surface area (Å²) in [5.41, 5.74) is 2.72. The van der Waals surface area contributed by atoms with Crippen LogP contribution in [0.25, 0.3) is 10.9 Å². The van der Waals surface area contributed by atoms with Gasteiger partial charge in [0.2, 0.25) is 0 Å². The van der Waals surface area contributed by atoms with Crippen molar-refractivity contribution in [2.24, 2.45) is 0 Å². The first-order valence-corrected chi connectivity index (χ1v) is 6.48. The number of likely N-dealkylation sites (N-methyl/N-ethyl adjacent to an activating group) is 1. The van der Waals surface area contributed by atoms with Crippen molar-refractivity contribution in [3.63, 3.8) is 0 Å². The number of hydrogen-bond donors (Lipinski definition) is 1. The number of benzene rings is 1. The molecule has 0 radical (unpaired) electrons. The lowest BCUT2D eigenvalue weighted by atomic mass is 9.98. The first kappa shape index (κ1) is 10.4. The van der Waals surface area contributed by atoms with Crippen LogP contribution < -0.4 is 0 Å². The normalized spacial score (nSPS) is 22.0. The lowest BCUT2D eigenvalue weighted by Gasteiger charge is -2.09. The fourth-order valence-corrected chi connectivity index (χ4v) is 3.00. The Morgan fingerprint density at radius 3 is 3.06 bits per heavy atom. The standard InChI is InChI=1S/C13H15BrN2/c1-16-5-4-9(8-16)12-7-15-13-3-2-10(14)6-11(12)13/h2-3,6-7,9,15H,4-5,8H2,1H3. The maximum Gasteiger partial charge on any atom is 0.0457 e. The number of likely N-dealkylation sites (tertiary alicyclic amines) is 1. The third kappa shape index (κ3) is 1.68. The van der Waals surface area contributed by atoms with E-state index in [1.54, 1.807) is 0 Å². The highest BCUT2D eigenvalue weighted by Gasteiger charge is 2.23. The van der Waals surface area contributed by atoms with E-state index in [-0.39, 0.29) is 0 Å². The van der Waals surface area contributed by atoms with Gasteiger partial charge in [0.05, 0.1) is 0 Å². The molecule has 2 heterocycles. The number of nitrogens with zero attached hydrogens (tertiary/aromatic N) is 1. The number of nitrogens with one attached hydrogen (secondary N) is 1. The molecule has 3 rings (SSSR count). The second-order valence-electron chi connectivity index (χ2n) is 4.68. The summed E-state index contributed by atoms with van der Waals surface area (Å²) in [6.07, 6.45) is 3.46. The molecule has 0 aliphatic carbocycles. The smallest absolute Gasteiger partial charge is 0.0457 e. The van der Waals surface area contributed by atoms with E-state index in [4.69, 9.17) is 0 Å². The molecule has 1 saturated heterocycles. The molecule has 1 unspecified atom stereocenters. The molecule has 16 heavy (non-hydrogen) atoms. The Balaban J connectivity index is 2.06. The summed E-state index contributed by atoms with van der Waals surface area (Å²) in [6, 6.07) is 6.45. The van der Waals surface area contributed by atoms with Crippen molar-refractivity contribution >= 4 is 26.8 Å². The van der Waals surface area contributed by atoms with Crippen LogP contribution in [0.2, 0.25) is 0 Å². The monoisotopic (exact) mass is 278 g/mol. The second-order valence-corrected chi connectivity index (χ2v) is 5.60. The van der Waals surface area contributed by atoms with Crippen molar-refractivity contribution in [1.82, 2.24) is 9.88 Å². The molecule has 1 aromatic carbocycles. The van der Waals surface area contributed by atoms with Gasteiger partial charge in [-0.3, -0.25) is 0 Å². The zero-order chi connectivity index (χ0) is 11.1. The van der Waals surface area contributed by atoms with Gasteiger partial charge in [-0.1, -0.05) is 15.9 Å². The van der Waals surface area contributed by atoms with Crippen molar-refractivity contribution in [2.75, 3.05) is 20.1 Å². The fourth-order valence-electron chi connectivity index (χ4n) is 2.64. The maximum atomic E-state index is 3.55. The molecule has 1 aromatic heterocycles. The van der Waals surface area contributed by atoms with E-state index in [9.17, 15) is 0 Å². The average Bonchev–Trinajstić information content (AvgIpc) is 2.83. The van der Waals surface area contributed by atoms with Gasteiger partial charge in [0, 0.05) is 28.1 Å². The van der Waals surface area contributed by atoms with E-state index in [0.717, 1.165) is 4.47 Å². The van der Waals surface area contributed by atoms with E-state index < -0.39 is 0 Å². The van der Waals surface area contributed by atoms with Gasteiger partial charge < -0.3 is 9.88 Å². The number of H-pyrrole nitrogens is 1. The molecule has 84 valence electrons. The molecule has 1 fully saturated rings. The minimum Gasteiger partial charge on any atom is -0.361 e. The molecule has 1 N–H and O–H groups in total. The summed E-state index contributed by atoms with van der Waals surface area (Å²) in [6.45, 7) is 2.39. The Morgan fingerprint density at radius 1 is 1.44 bits per heavy atom. The van der Waals surface area contributed by atoms with E-state index in [1.807, 2.05) is 0 Å². The predicted octanol–water partition coefficient (Wildman–Crippen LogP) is 3.35. The highest BCUT2D eigenvalue weighted by molar-refractivity contribution is 9.10. The van der Waals surface area contributed by atoms with Crippen LogP contribution in [0, 0.1) is 0 Å². The number of hydrogen-bond acceptors (Lipinski definition) is 1. The minimum atomic E-state index is 0.688. The number of rotatable bonds is 1. The highest BCUT2D eigenvalue weighted by atomic mass is 79.9. The summed E-state index contributed by atoms with van der Waals surface area (Å²) in [5.74, 6) is 0.688. The average molecular weight is 279 g/mol. The van der Waals surface area contributed by atoms with Crippen LogP contribution in [0.4, 0.5) is 0 Å². The van der Waals surface area contributed by atoms with Gasteiger partial charge in [-0.15, -0.1) is 0 Å². The summed E-state index contributed by atoms with van der Waals surface area (Å²) in [4.78, 5) is 5.77. The van der Waals surface area contributed by atoms with Crippen LogP contribution in [0.15, 0.2) is 28.9 Å². The van der Waals surface area contributed by atoms with Crippen molar-refractivity contribution in [3.05, 3.63) is 34.4 Å². The molecule has 1 atom stereocenters. The van der Waals surface area contributed by atoms with Crippen LogP contribution >= 0.6 is 15.9 Å². The summed E-state index contributed by atoms with van der Waals surface area (Å²) in [7, 11) is 2.20. The number of aromatic amines is 1. The Morgan fingerprint density at radius 2 is 2.31 bits per heavy atom. The summed E-state index contributed by atoms with van der Waals surface area (Å²) >= 11 is 3.55. The molecular formula is C13H15BrN2. The van der Waals surface area contributed by atoms with Gasteiger partial charge in [-0.05, 0) is 49.7 Å². The molecule has 0 saturated carbocycles. The Bertz CT molecular complexity index is 518. The Hall–Kier alpha value is -0.800. The predicted molar refractivity (Wildman–Crippen MR) is 70.9 cm³/mol. The zero-order valence-corrected chi connectivity index (χ0v) is 10.9. The van der Waals surface area contributed by atoms with Crippen LogP contribution in [-0.2, 0) is 0 Å². The quantitative estimate of drug-likeness (QED) is 0.848. The van der Waals surface area contributed by atoms with Crippen LogP contribution in [0.5, 0.6) is 0 Å². The number of fused-ring (bicyclic) bond motifs is 1. The first-order chi connectivity index (χ1) is 7.74. The van der Waals surface area contributed by atoms with Crippen molar-refractivity contribution < 1.29 is 0 Å². The Labute approximate surface area is 104 Å². The van der Waals surface area contributed by atoms with Gasteiger partial charge in [0.15, 0.2) is 0 Å². The minimum absolute atomic E-state index is 0.688. The molecule has 0 amide bonds. The lowest BCUT2D eigenvalue weighted by Crippen LogP contribution is -2.13. The molecule has 2 nitrogen and oxygen atoms in total. The SMILES string of the molecule is CN1CCC(c2c[nH]c3ccc(Br)cc23)C1. The van der Waals surface area contributed by atoms with Crippen LogP contribution in [-0.4, -0.2) is 30.0 Å². The third-order valence-corrected chi connectivity index (χ3v) is 4.00. The van der Waals surface area contributed by atoms with Gasteiger partial charge in [-0.25, -0.2) is 0 Å². The fraction of sp³-hybridized carbons (Fsp3) is 0.385. The topological polar surface area (TPSA) is 19.0 Å². The lowest BCUT2D eigenvalue weighted by molar-refractivity contribution is 0.412. The third-order valence-electron chi connectivity index (χ3n) is 3.51. The molecule has 1 aliphatic heterocycles. The van der Waals surface area contributed by atoms with Gasteiger partial charge >= 0.3 is 0 Å². The zero-order valence-electron chi connectivity index (χ0n) is 9.33. The molecule has 1 aliphatic rings. The molecule has 0 spiro atoms. The largest absolute Gasteiger partial charge is 0.361 e. The van der Waals surface area contributed by atoms with Crippen molar-refractivity contribution in [1.29, 1.82) is 0 Å². The number of halogens is 1. The van der Waals surface area contributed by atoms with E-state index in [2.05, 4.69) is 57.3 Å². The van der Waals surface area contributed by atoms with Gasteiger partial charge in [0.1, 0.15) is 0 Å². The van der Waals surface area contributed by atoms with E-state index >= 15 is 0 Å². The van der Waals surface area contributed by atoms with Crippen LogP contribution in [0.1, 0.15) is 17.9 Å². The van der Waals surface area contributed by atoms with Crippen molar-refractivity contribution in [2.45, 2.75) is 12.3 Å². The van der Waals surface area contributed by atoms with Gasteiger partial charge in [-0.2, -0.15) is 0 Å². The summed E-state index contributed by atoms with van der Waals surface area (Å²) in [5, 5.41) is 1.37. The molecule has 0 bridgehead atoms. The Kier molecular flexibility index (Phi) is 2.52. The van der Waals surface area contributed by atoms with E-state index in [1.165, 1.54) is 36.0 Å². The highest BCUT2D eigenvalue weighted by Crippen LogP contribution is 2.33. The van der Waals surface area contributed by atoms with Crippen molar-refractivity contribution in [3.8, 4) is 0 Å². The molecular weight excluding hydrogens is 264 g/mol. The maximum absolute atomic E-state index is 3.55. The van der Waals surface area contributed by atoms with E-state index in [0.29, 0.717) is 5.92 Å². The summed E-state index contributed by atoms with van der Waals surface area (Å²) < 4.78 is 1.16. The van der Waals surface area contributed by atoms with Gasteiger partial charge in [0.25, 0.3) is 0 Å². The first-order valence-electron chi connectivity index (χ1n) is 5.69. The van der Waals surface area contributed by atoms with Crippen LogP contribution in [0.3, 0.4) is 0 Å².